The van der Waals surface area contributed by atoms with Crippen LogP contribution in [0.4, 0.5) is 0 Å². The Hall–Kier alpha value is -0.840. The first-order valence-corrected chi connectivity index (χ1v) is 6.30. The molecule has 6 heteroatoms. The lowest BCUT2D eigenvalue weighted by Crippen LogP contribution is -2.09. The van der Waals surface area contributed by atoms with Crippen molar-refractivity contribution in [1.82, 2.24) is 15.0 Å². The van der Waals surface area contributed by atoms with Gasteiger partial charge >= 0.3 is 0 Å². The summed E-state index contributed by atoms with van der Waals surface area (Å²) >= 11 is 11.7. The summed E-state index contributed by atoms with van der Waals surface area (Å²) < 4.78 is 5.57. The summed E-state index contributed by atoms with van der Waals surface area (Å²) in [7, 11) is 0. The maximum atomic E-state index is 5.90. The minimum atomic E-state index is 0.265. The molecule has 0 saturated carbocycles. The van der Waals surface area contributed by atoms with Crippen LogP contribution in [0.2, 0.25) is 10.2 Å². The van der Waals surface area contributed by atoms with E-state index in [0.717, 1.165) is 37.2 Å². The van der Waals surface area contributed by atoms with Gasteiger partial charge in [-0.25, -0.2) is 9.97 Å². The second kappa shape index (κ2) is 4.44. The topological polar surface area (TPSA) is 50.8 Å². The largest absolute Gasteiger partial charge is 0.378 e. The van der Waals surface area contributed by atoms with Crippen molar-refractivity contribution in [1.29, 1.82) is 0 Å². The molecule has 1 saturated heterocycles. The number of hydrogen-bond donors (Lipinski definition) is 1. The van der Waals surface area contributed by atoms with E-state index in [-0.39, 0.29) is 11.3 Å². The molecule has 1 N–H and O–H groups in total. The molecule has 1 fully saturated rings. The van der Waals surface area contributed by atoms with Crippen molar-refractivity contribution in [2.24, 2.45) is 0 Å². The van der Waals surface area contributed by atoms with Crippen molar-refractivity contribution in [3.05, 3.63) is 22.1 Å². The van der Waals surface area contributed by atoms with E-state index in [4.69, 9.17) is 27.9 Å². The number of nitrogens with one attached hydrogen (secondary N) is 1. The number of rotatable bonds is 2. The van der Waals surface area contributed by atoms with E-state index in [2.05, 4.69) is 15.0 Å². The van der Waals surface area contributed by atoms with E-state index >= 15 is 0 Å². The van der Waals surface area contributed by atoms with Crippen LogP contribution in [0.5, 0.6) is 0 Å². The first kappa shape index (κ1) is 11.3. The average Bonchev–Trinajstić information content (AvgIpc) is 2.89. The molecule has 1 aliphatic heterocycles. The Morgan fingerprint density at radius 1 is 1.41 bits per heavy atom. The zero-order chi connectivity index (χ0) is 11.8. The van der Waals surface area contributed by atoms with Gasteiger partial charge in [0, 0.05) is 13.0 Å². The lowest BCUT2D eigenvalue weighted by molar-refractivity contribution is 0.110. The van der Waals surface area contributed by atoms with Gasteiger partial charge in [0.2, 0.25) is 0 Å². The molecular weight excluding hydrogens is 261 g/mol. The van der Waals surface area contributed by atoms with Gasteiger partial charge in [0.05, 0.1) is 16.6 Å². The van der Waals surface area contributed by atoms with E-state index in [1.165, 1.54) is 0 Å². The summed E-state index contributed by atoms with van der Waals surface area (Å²) in [5, 5.41) is 0.723. The van der Waals surface area contributed by atoms with Crippen LogP contribution in [0.15, 0.2) is 6.07 Å². The standard InChI is InChI=1S/C11H11Cl2N3O/c12-7-5-8-11(16-10(7)13)15-9(14-8)4-6-2-1-3-17-6/h5-6H,1-4H2,(H,14,15,16). The predicted octanol–water partition coefficient (Wildman–Crippen LogP) is 2.99. The minimum absolute atomic E-state index is 0.265. The van der Waals surface area contributed by atoms with Gasteiger partial charge in [0.1, 0.15) is 11.0 Å². The third-order valence-electron chi connectivity index (χ3n) is 2.88. The second-order valence-electron chi connectivity index (χ2n) is 4.15. The fraction of sp³-hybridized carbons (Fsp3) is 0.455. The third-order valence-corrected chi connectivity index (χ3v) is 3.55. The molecule has 90 valence electrons. The summed E-state index contributed by atoms with van der Waals surface area (Å²) in [5.41, 5.74) is 1.42. The highest BCUT2D eigenvalue weighted by molar-refractivity contribution is 6.41. The summed E-state index contributed by atoms with van der Waals surface area (Å²) in [4.78, 5) is 11.7. The predicted molar refractivity (Wildman–Crippen MR) is 66.6 cm³/mol. The Labute approximate surface area is 108 Å². The maximum absolute atomic E-state index is 5.90. The SMILES string of the molecule is Clc1cc2[nH]c(CC3CCCO3)nc2nc1Cl. The van der Waals surface area contributed by atoms with Crippen molar-refractivity contribution in [2.75, 3.05) is 6.61 Å². The number of aromatic amines is 1. The molecule has 17 heavy (non-hydrogen) atoms. The normalized spacial score (nSPS) is 20.2. The van der Waals surface area contributed by atoms with Crippen molar-refractivity contribution >= 4 is 34.4 Å². The van der Waals surface area contributed by atoms with Crippen LogP contribution >= 0.6 is 23.2 Å². The number of pyridine rings is 1. The highest BCUT2D eigenvalue weighted by Gasteiger charge is 2.18. The van der Waals surface area contributed by atoms with E-state index in [1.54, 1.807) is 6.07 Å². The van der Waals surface area contributed by atoms with Gasteiger partial charge in [-0.3, -0.25) is 0 Å². The molecule has 0 bridgehead atoms. The molecule has 3 heterocycles. The number of nitrogens with zero attached hydrogens (tertiary/aromatic N) is 2. The van der Waals surface area contributed by atoms with Crippen LogP contribution in [0.3, 0.4) is 0 Å². The fourth-order valence-electron chi connectivity index (χ4n) is 2.06. The number of H-pyrrole nitrogens is 1. The van der Waals surface area contributed by atoms with E-state index in [0.29, 0.717) is 10.7 Å². The van der Waals surface area contributed by atoms with Gasteiger partial charge in [-0.15, -0.1) is 0 Å². The number of fused-ring (bicyclic) bond motifs is 1. The first-order chi connectivity index (χ1) is 8.22. The zero-order valence-electron chi connectivity index (χ0n) is 9.04. The molecule has 0 radical (unpaired) electrons. The Balaban J connectivity index is 1.90. The third kappa shape index (κ3) is 2.25. The van der Waals surface area contributed by atoms with Gasteiger partial charge in [0.25, 0.3) is 0 Å². The Morgan fingerprint density at radius 3 is 3.06 bits per heavy atom. The Kier molecular flexibility index (Phi) is 2.94. The molecular formula is C11H11Cl2N3O. The molecule has 0 aromatic carbocycles. The molecule has 1 unspecified atom stereocenters. The van der Waals surface area contributed by atoms with Crippen LogP contribution in [-0.4, -0.2) is 27.7 Å². The van der Waals surface area contributed by atoms with Crippen molar-refractivity contribution < 1.29 is 4.74 Å². The van der Waals surface area contributed by atoms with Crippen molar-refractivity contribution in [3.63, 3.8) is 0 Å². The van der Waals surface area contributed by atoms with Crippen LogP contribution in [-0.2, 0) is 11.2 Å². The second-order valence-corrected chi connectivity index (χ2v) is 4.92. The number of ether oxygens (including phenoxy) is 1. The number of halogens is 2. The van der Waals surface area contributed by atoms with E-state index < -0.39 is 0 Å². The summed E-state index contributed by atoms with van der Waals surface area (Å²) in [6.07, 6.45) is 3.26. The molecule has 3 rings (SSSR count). The van der Waals surface area contributed by atoms with E-state index in [1.807, 2.05) is 0 Å². The molecule has 1 aliphatic rings. The van der Waals surface area contributed by atoms with Crippen LogP contribution in [0.1, 0.15) is 18.7 Å². The van der Waals surface area contributed by atoms with Crippen LogP contribution in [0, 0.1) is 0 Å². The average molecular weight is 272 g/mol. The highest BCUT2D eigenvalue weighted by Crippen LogP contribution is 2.24. The van der Waals surface area contributed by atoms with Gasteiger partial charge in [-0.05, 0) is 18.9 Å². The smallest absolute Gasteiger partial charge is 0.179 e. The summed E-state index contributed by atoms with van der Waals surface area (Å²) in [6.45, 7) is 0.848. The van der Waals surface area contributed by atoms with Crippen LogP contribution in [0.25, 0.3) is 11.2 Å². The zero-order valence-corrected chi connectivity index (χ0v) is 10.6. The monoisotopic (exact) mass is 271 g/mol. The Bertz CT molecular complexity index is 510. The number of hydrogen-bond acceptors (Lipinski definition) is 3. The van der Waals surface area contributed by atoms with Gasteiger partial charge < -0.3 is 9.72 Å². The summed E-state index contributed by atoms with van der Waals surface area (Å²) in [5.74, 6) is 0.873. The number of imidazole rings is 1. The molecule has 0 spiro atoms. The van der Waals surface area contributed by atoms with E-state index in [9.17, 15) is 0 Å². The van der Waals surface area contributed by atoms with Crippen molar-refractivity contribution in [3.8, 4) is 0 Å². The Morgan fingerprint density at radius 2 is 2.29 bits per heavy atom. The van der Waals surface area contributed by atoms with Gasteiger partial charge in [-0.2, -0.15) is 0 Å². The van der Waals surface area contributed by atoms with Gasteiger partial charge in [-0.1, -0.05) is 23.2 Å². The molecule has 1 atom stereocenters. The first-order valence-electron chi connectivity index (χ1n) is 5.54. The molecule has 4 nitrogen and oxygen atoms in total. The molecule has 2 aromatic rings. The number of aromatic nitrogens is 3. The van der Waals surface area contributed by atoms with Crippen LogP contribution < -0.4 is 0 Å². The van der Waals surface area contributed by atoms with Crippen molar-refractivity contribution in [2.45, 2.75) is 25.4 Å². The molecule has 0 amide bonds. The summed E-state index contributed by atoms with van der Waals surface area (Å²) in [6, 6.07) is 1.75. The molecule has 2 aromatic heterocycles. The quantitative estimate of drug-likeness (QED) is 0.855. The maximum Gasteiger partial charge on any atom is 0.179 e. The minimum Gasteiger partial charge on any atom is -0.378 e. The highest BCUT2D eigenvalue weighted by atomic mass is 35.5. The fourth-order valence-corrected chi connectivity index (χ4v) is 2.35. The van der Waals surface area contributed by atoms with Gasteiger partial charge in [0.15, 0.2) is 5.65 Å². The molecule has 0 aliphatic carbocycles. The lowest BCUT2D eigenvalue weighted by Gasteiger charge is -2.05. The lowest BCUT2D eigenvalue weighted by atomic mass is 10.2.